The highest BCUT2D eigenvalue weighted by Gasteiger charge is 2.45. The van der Waals surface area contributed by atoms with Gasteiger partial charge in [-0.05, 0) is 43.6 Å². The number of carbonyl (C=O) groups excluding carboxylic acids is 2. The van der Waals surface area contributed by atoms with E-state index in [1.165, 1.54) is 25.7 Å². The molecule has 4 heteroatoms. The Morgan fingerprint density at radius 2 is 1.37 bits per heavy atom. The van der Waals surface area contributed by atoms with Crippen LogP contribution in [0.3, 0.4) is 0 Å². The minimum Gasteiger partial charge on any atom is -0.366 e. The highest BCUT2D eigenvalue weighted by atomic mass is 16.2. The predicted molar refractivity (Wildman–Crippen MR) is 121 cm³/mol. The Balaban J connectivity index is 1.73. The van der Waals surface area contributed by atoms with Crippen LogP contribution in [0, 0.1) is 18.8 Å². The monoisotopic (exact) mass is 408 g/mol. The van der Waals surface area contributed by atoms with Crippen molar-refractivity contribution in [1.29, 1.82) is 0 Å². The third-order valence-corrected chi connectivity index (χ3v) is 7.06. The van der Waals surface area contributed by atoms with Gasteiger partial charge in [0.05, 0.1) is 5.57 Å². The second kappa shape index (κ2) is 8.95. The number of rotatable bonds is 3. The number of likely N-dealkylation sites (tertiary alicyclic amines) is 1. The number of hydrogen-bond donors (Lipinski definition) is 0. The molecule has 2 amide bonds. The van der Waals surface area contributed by atoms with Crippen molar-refractivity contribution in [3.05, 3.63) is 41.1 Å². The fraction of sp³-hybridized carbons (Fsp3) is 0.615. The Morgan fingerprint density at radius 1 is 0.800 bits per heavy atom. The van der Waals surface area contributed by atoms with E-state index in [1.54, 1.807) is 4.90 Å². The summed E-state index contributed by atoms with van der Waals surface area (Å²) in [5, 5.41) is 0. The van der Waals surface area contributed by atoms with Gasteiger partial charge < -0.3 is 4.90 Å². The topological polar surface area (TPSA) is 40.6 Å². The van der Waals surface area contributed by atoms with Gasteiger partial charge in [-0.25, -0.2) is 0 Å². The maximum absolute atomic E-state index is 13.8. The zero-order chi connectivity index (χ0) is 21.3. The van der Waals surface area contributed by atoms with Gasteiger partial charge in [0.25, 0.3) is 11.8 Å². The number of piperidine rings is 1. The first-order valence-corrected chi connectivity index (χ1v) is 11.9. The summed E-state index contributed by atoms with van der Waals surface area (Å²) in [5.41, 5.74) is 3.33. The molecule has 0 radical (unpaired) electrons. The first-order chi connectivity index (χ1) is 14.5. The Hall–Kier alpha value is -2.10. The van der Waals surface area contributed by atoms with Crippen molar-refractivity contribution in [3.8, 4) is 0 Å². The van der Waals surface area contributed by atoms with Gasteiger partial charge in [0.1, 0.15) is 5.70 Å². The maximum Gasteiger partial charge on any atom is 0.278 e. The lowest BCUT2D eigenvalue weighted by Gasteiger charge is -2.37. The molecular formula is C26H36N2O2. The Morgan fingerprint density at radius 3 is 1.97 bits per heavy atom. The number of hydrogen-bond acceptors (Lipinski definition) is 3. The molecule has 2 atom stereocenters. The summed E-state index contributed by atoms with van der Waals surface area (Å²) in [4.78, 5) is 31.4. The lowest BCUT2D eigenvalue weighted by atomic mass is 9.91. The molecule has 2 aliphatic heterocycles. The second-order valence-electron chi connectivity index (χ2n) is 9.92. The lowest BCUT2D eigenvalue weighted by molar-refractivity contribution is -0.140. The molecule has 1 saturated heterocycles. The molecule has 1 aromatic carbocycles. The molecular weight excluding hydrogens is 372 g/mol. The van der Waals surface area contributed by atoms with E-state index in [9.17, 15) is 9.59 Å². The molecule has 1 saturated carbocycles. The second-order valence-corrected chi connectivity index (χ2v) is 9.92. The molecule has 4 rings (SSSR count). The average Bonchev–Trinajstić information content (AvgIpc) is 2.92. The molecule has 0 aromatic heterocycles. The van der Waals surface area contributed by atoms with Crippen LogP contribution in [0.5, 0.6) is 0 Å². The summed E-state index contributed by atoms with van der Waals surface area (Å²) in [5.74, 6) is 0.926. The quantitative estimate of drug-likeness (QED) is 0.648. The van der Waals surface area contributed by atoms with Crippen LogP contribution in [-0.4, -0.2) is 40.7 Å². The number of benzene rings is 1. The zero-order valence-electron chi connectivity index (χ0n) is 18.8. The Bertz CT molecular complexity index is 808. The van der Waals surface area contributed by atoms with Gasteiger partial charge in [0, 0.05) is 19.1 Å². The van der Waals surface area contributed by atoms with Crippen LogP contribution in [0.4, 0.5) is 0 Å². The van der Waals surface area contributed by atoms with Gasteiger partial charge >= 0.3 is 0 Å². The van der Waals surface area contributed by atoms with E-state index in [2.05, 4.69) is 25.7 Å². The van der Waals surface area contributed by atoms with Crippen molar-refractivity contribution >= 4 is 17.4 Å². The fourth-order valence-corrected chi connectivity index (χ4v) is 5.68. The third-order valence-electron chi connectivity index (χ3n) is 7.06. The highest BCUT2D eigenvalue weighted by Crippen LogP contribution is 2.37. The number of amides is 2. The van der Waals surface area contributed by atoms with Crippen molar-refractivity contribution in [1.82, 2.24) is 9.80 Å². The molecule has 0 N–H and O–H groups in total. The summed E-state index contributed by atoms with van der Waals surface area (Å²) in [6.07, 6.45) is 8.97. The summed E-state index contributed by atoms with van der Waals surface area (Å²) >= 11 is 0. The van der Waals surface area contributed by atoms with Crippen molar-refractivity contribution in [2.45, 2.75) is 78.2 Å². The van der Waals surface area contributed by atoms with Crippen LogP contribution >= 0.6 is 0 Å². The van der Waals surface area contributed by atoms with Gasteiger partial charge in [-0.2, -0.15) is 0 Å². The van der Waals surface area contributed by atoms with Crippen LogP contribution in [0.25, 0.3) is 5.57 Å². The van der Waals surface area contributed by atoms with E-state index in [-0.39, 0.29) is 17.9 Å². The number of imide groups is 1. The molecule has 3 aliphatic rings. The van der Waals surface area contributed by atoms with Gasteiger partial charge in [0.2, 0.25) is 0 Å². The fourth-order valence-electron chi connectivity index (χ4n) is 5.68. The third kappa shape index (κ3) is 4.19. The van der Waals surface area contributed by atoms with E-state index in [1.807, 2.05) is 24.3 Å². The van der Waals surface area contributed by atoms with Gasteiger partial charge in [-0.3, -0.25) is 14.5 Å². The molecule has 2 unspecified atom stereocenters. The summed E-state index contributed by atoms with van der Waals surface area (Å²) in [6.45, 7) is 8.26. The summed E-state index contributed by atoms with van der Waals surface area (Å²) in [7, 11) is 0. The van der Waals surface area contributed by atoms with Gasteiger partial charge in [-0.15, -0.1) is 0 Å². The lowest BCUT2D eigenvalue weighted by Crippen LogP contribution is -2.45. The van der Waals surface area contributed by atoms with Crippen molar-refractivity contribution in [2.24, 2.45) is 11.8 Å². The van der Waals surface area contributed by atoms with E-state index in [0.717, 1.165) is 49.9 Å². The van der Waals surface area contributed by atoms with Crippen molar-refractivity contribution in [2.75, 3.05) is 13.1 Å². The van der Waals surface area contributed by atoms with Crippen LogP contribution < -0.4 is 0 Å². The zero-order valence-corrected chi connectivity index (χ0v) is 18.8. The number of carbonyl (C=O) groups is 2. The Labute approximate surface area is 181 Å². The van der Waals surface area contributed by atoms with E-state index in [0.29, 0.717) is 23.1 Å². The Kier molecular flexibility index (Phi) is 6.31. The first-order valence-electron chi connectivity index (χ1n) is 11.9. The van der Waals surface area contributed by atoms with Crippen LogP contribution in [0.15, 0.2) is 30.0 Å². The van der Waals surface area contributed by atoms with E-state index >= 15 is 0 Å². The summed E-state index contributed by atoms with van der Waals surface area (Å²) < 4.78 is 0. The highest BCUT2D eigenvalue weighted by molar-refractivity contribution is 6.35. The molecule has 1 aromatic rings. The molecule has 1 aliphatic carbocycles. The average molecular weight is 409 g/mol. The smallest absolute Gasteiger partial charge is 0.278 e. The van der Waals surface area contributed by atoms with Gasteiger partial charge in [0.15, 0.2) is 0 Å². The number of aryl methyl sites for hydroxylation is 1. The molecule has 0 spiro atoms. The van der Waals surface area contributed by atoms with Crippen LogP contribution in [0.1, 0.15) is 76.3 Å². The first kappa shape index (κ1) is 21.1. The van der Waals surface area contributed by atoms with E-state index < -0.39 is 0 Å². The van der Waals surface area contributed by atoms with E-state index in [4.69, 9.17) is 0 Å². The molecule has 30 heavy (non-hydrogen) atoms. The van der Waals surface area contributed by atoms with Crippen molar-refractivity contribution in [3.63, 3.8) is 0 Å². The van der Waals surface area contributed by atoms with Crippen LogP contribution in [-0.2, 0) is 9.59 Å². The predicted octanol–water partition coefficient (Wildman–Crippen LogP) is 5.17. The van der Waals surface area contributed by atoms with Crippen LogP contribution in [0.2, 0.25) is 0 Å². The molecule has 0 bridgehead atoms. The minimum atomic E-state index is -0.0738. The molecule has 2 heterocycles. The molecule has 162 valence electrons. The largest absolute Gasteiger partial charge is 0.366 e. The normalized spacial score (nSPS) is 26.9. The van der Waals surface area contributed by atoms with Crippen molar-refractivity contribution < 1.29 is 9.59 Å². The molecule has 2 fully saturated rings. The van der Waals surface area contributed by atoms with Gasteiger partial charge in [-0.1, -0.05) is 75.8 Å². The summed E-state index contributed by atoms with van der Waals surface area (Å²) in [6, 6.07) is 8.14. The number of nitrogens with zero attached hydrogens (tertiary/aromatic N) is 2. The minimum absolute atomic E-state index is 0.0443. The maximum atomic E-state index is 13.8. The molecule has 4 nitrogen and oxygen atoms in total. The SMILES string of the molecule is Cc1ccc(C2=C(N3CC(C)CC(C)C3)C(=O)N(C3CCCCCCC3)C2=O)cc1. The standard InChI is InChI=1S/C26H36N2O2/c1-18-11-13-21(14-12-18)23-24(27-16-19(2)15-20(3)17-27)26(30)28(25(23)29)22-9-7-5-4-6-8-10-22/h11-14,19-20,22H,4-10,15-17H2,1-3H3.